The van der Waals surface area contributed by atoms with Crippen LogP contribution >= 0.6 is 36.4 Å². The highest BCUT2D eigenvalue weighted by Gasteiger charge is 2.32. The molecule has 156 valence electrons. The number of hydrogen-bond acceptors (Lipinski definition) is 4. The molecule has 2 N–H and O–H groups in total. The lowest BCUT2D eigenvalue weighted by atomic mass is 10.00. The molecule has 1 aromatic carbocycles. The second-order valence-corrected chi connectivity index (χ2v) is 7.79. The molecule has 1 aromatic rings. The van der Waals surface area contributed by atoms with Gasteiger partial charge in [0.05, 0.1) is 18.2 Å². The highest BCUT2D eigenvalue weighted by atomic mass is 35.5. The van der Waals surface area contributed by atoms with Crippen molar-refractivity contribution >= 4 is 42.3 Å². The number of carbonyl (C=O) groups excluding carboxylic acids is 1. The van der Waals surface area contributed by atoms with Crippen LogP contribution in [-0.4, -0.2) is 56.2 Å². The third-order valence-electron chi connectivity index (χ3n) is 4.58. The fraction of sp³-hybridized carbons (Fsp3) is 0.632. The third kappa shape index (κ3) is 8.14. The van der Waals surface area contributed by atoms with Crippen LogP contribution in [0.25, 0.3) is 0 Å². The number of nitrogens with zero attached hydrogens (tertiary/aromatic N) is 1. The first-order valence-electron chi connectivity index (χ1n) is 8.88. The van der Waals surface area contributed by atoms with Gasteiger partial charge in [0.15, 0.2) is 0 Å². The smallest absolute Gasteiger partial charge is 0.224 e. The van der Waals surface area contributed by atoms with E-state index in [1.165, 1.54) is 0 Å². The Morgan fingerprint density at radius 2 is 1.89 bits per heavy atom. The van der Waals surface area contributed by atoms with Gasteiger partial charge < -0.3 is 15.4 Å². The Balaban J connectivity index is 0.00000338. The first kappa shape index (κ1) is 26.4. The highest BCUT2D eigenvalue weighted by Crippen LogP contribution is 2.27. The first-order chi connectivity index (χ1) is 11.8. The maximum absolute atomic E-state index is 12.3. The minimum absolute atomic E-state index is 0. The van der Waals surface area contributed by atoms with Crippen LogP contribution in [0, 0.1) is 5.92 Å². The molecule has 1 aliphatic heterocycles. The monoisotopic (exact) mass is 439 g/mol. The minimum atomic E-state index is -0.188. The fourth-order valence-corrected chi connectivity index (χ4v) is 3.36. The molecule has 0 aliphatic carbocycles. The summed E-state index contributed by atoms with van der Waals surface area (Å²) in [5, 5.41) is 6.88. The van der Waals surface area contributed by atoms with Gasteiger partial charge in [-0.3, -0.25) is 9.69 Å². The van der Waals surface area contributed by atoms with Crippen molar-refractivity contribution in [2.45, 2.75) is 32.4 Å². The zero-order valence-electron chi connectivity index (χ0n) is 16.5. The van der Waals surface area contributed by atoms with Crippen LogP contribution in [0.2, 0.25) is 5.02 Å². The first-order valence-corrected chi connectivity index (χ1v) is 9.26. The maximum atomic E-state index is 12.3. The summed E-state index contributed by atoms with van der Waals surface area (Å²) < 4.78 is 5.84. The molecule has 2 atom stereocenters. The summed E-state index contributed by atoms with van der Waals surface area (Å²) in [6.07, 6.45) is 0. The molecule has 5 nitrogen and oxygen atoms in total. The average molecular weight is 441 g/mol. The van der Waals surface area contributed by atoms with E-state index in [2.05, 4.69) is 29.4 Å². The summed E-state index contributed by atoms with van der Waals surface area (Å²) in [4.78, 5) is 14.7. The van der Waals surface area contributed by atoms with Gasteiger partial charge in [0.1, 0.15) is 0 Å². The largest absolute Gasteiger partial charge is 0.373 e. The van der Waals surface area contributed by atoms with Gasteiger partial charge in [0, 0.05) is 37.1 Å². The van der Waals surface area contributed by atoms with E-state index >= 15 is 0 Å². The van der Waals surface area contributed by atoms with Crippen LogP contribution in [0.5, 0.6) is 0 Å². The molecule has 2 unspecified atom stereocenters. The highest BCUT2D eigenvalue weighted by molar-refractivity contribution is 6.30. The average Bonchev–Trinajstić information content (AvgIpc) is 2.55. The maximum Gasteiger partial charge on any atom is 0.224 e. The summed E-state index contributed by atoms with van der Waals surface area (Å²) in [7, 11) is 1.86. The molecule has 0 saturated carbocycles. The lowest BCUT2D eigenvalue weighted by Gasteiger charge is -2.42. The molecule has 0 bridgehead atoms. The molecule has 0 aromatic heterocycles. The zero-order chi connectivity index (χ0) is 18.4. The van der Waals surface area contributed by atoms with Crippen LogP contribution in [0.3, 0.4) is 0 Å². The van der Waals surface area contributed by atoms with Crippen LogP contribution in [0.4, 0.5) is 0 Å². The van der Waals surface area contributed by atoms with E-state index in [0.29, 0.717) is 19.7 Å². The molecule has 0 radical (unpaired) electrons. The van der Waals surface area contributed by atoms with Gasteiger partial charge in [-0.15, -0.1) is 24.8 Å². The van der Waals surface area contributed by atoms with E-state index in [1.54, 1.807) is 0 Å². The molecule has 8 heteroatoms. The van der Waals surface area contributed by atoms with Crippen LogP contribution < -0.4 is 10.6 Å². The molecule has 27 heavy (non-hydrogen) atoms. The van der Waals surface area contributed by atoms with Crippen molar-refractivity contribution in [3.63, 3.8) is 0 Å². The molecular weight excluding hydrogens is 409 g/mol. The van der Waals surface area contributed by atoms with Gasteiger partial charge >= 0.3 is 0 Å². The lowest BCUT2D eigenvalue weighted by molar-refractivity contribution is -0.125. The van der Waals surface area contributed by atoms with Crippen molar-refractivity contribution in [1.82, 2.24) is 15.5 Å². The Bertz CT molecular complexity index is 570. The Hall–Kier alpha value is -0.560. The van der Waals surface area contributed by atoms with Gasteiger partial charge in [0.25, 0.3) is 0 Å². The SMILES string of the molecule is CNCC(C)C(=O)NCC(c1ccc(Cl)cc1)N1CCOC(C)(C)C1.Cl.Cl. The molecule has 0 spiro atoms. The number of benzene rings is 1. The molecule has 1 fully saturated rings. The standard InChI is InChI=1S/C19H30ClN3O2.2ClH/c1-14(11-21-4)18(24)22-12-17(15-5-7-16(20)8-6-15)23-9-10-25-19(2,3)13-23;;/h5-8,14,17,21H,9-13H2,1-4H3,(H,22,24);2*1H. The number of amides is 1. The normalized spacial score (nSPS) is 18.6. The van der Waals surface area contributed by atoms with Crippen molar-refractivity contribution in [3.8, 4) is 0 Å². The van der Waals surface area contributed by atoms with E-state index in [4.69, 9.17) is 16.3 Å². The van der Waals surface area contributed by atoms with Crippen molar-refractivity contribution in [2.75, 3.05) is 39.8 Å². The summed E-state index contributed by atoms with van der Waals surface area (Å²) in [6, 6.07) is 7.99. The zero-order valence-corrected chi connectivity index (χ0v) is 18.8. The second-order valence-electron chi connectivity index (χ2n) is 7.35. The fourth-order valence-electron chi connectivity index (χ4n) is 3.23. The van der Waals surface area contributed by atoms with Crippen LogP contribution in [0.1, 0.15) is 32.4 Å². The number of ether oxygens (including phenoxy) is 1. The summed E-state index contributed by atoms with van der Waals surface area (Å²) in [5.74, 6) is 0.0119. The number of halogens is 3. The Kier molecular flexibility index (Phi) is 11.8. The van der Waals surface area contributed by atoms with Gasteiger partial charge in [0.2, 0.25) is 5.91 Å². The van der Waals surface area contributed by atoms with Crippen molar-refractivity contribution in [3.05, 3.63) is 34.9 Å². The minimum Gasteiger partial charge on any atom is -0.373 e. The van der Waals surface area contributed by atoms with Crippen molar-refractivity contribution in [1.29, 1.82) is 0 Å². The molecule has 1 amide bonds. The Labute approximate surface area is 180 Å². The third-order valence-corrected chi connectivity index (χ3v) is 4.83. The van der Waals surface area contributed by atoms with Crippen molar-refractivity contribution in [2.24, 2.45) is 5.92 Å². The van der Waals surface area contributed by atoms with E-state index in [1.807, 2.05) is 38.2 Å². The van der Waals surface area contributed by atoms with Gasteiger partial charge in [-0.1, -0.05) is 30.7 Å². The quantitative estimate of drug-likeness (QED) is 0.683. The van der Waals surface area contributed by atoms with Gasteiger partial charge in [-0.25, -0.2) is 0 Å². The number of rotatable bonds is 7. The topological polar surface area (TPSA) is 53.6 Å². The predicted molar refractivity (Wildman–Crippen MR) is 116 cm³/mol. The summed E-state index contributed by atoms with van der Waals surface area (Å²) >= 11 is 6.04. The van der Waals surface area contributed by atoms with Crippen LogP contribution in [0.15, 0.2) is 24.3 Å². The Morgan fingerprint density at radius 1 is 1.26 bits per heavy atom. The molecular formula is C19H32Cl3N3O2. The summed E-state index contributed by atoms with van der Waals surface area (Å²) in [6.45, 7) is 9.74. The second kappa shape index (κ2) is 12.1. The van der Waals surface area contributed by atoms with E-state index in [9.17, 15) is 4.79 Å². The van der Waals surface area contributed by atoms with E-state index < -0.39 is 0 Å². The summed E-state index contributed by atoms with van der Waals surface area (Å²) in [5.41, 5.74) is 0.968. The molecule has 1 heterocycles. The van der Waals surface area contributed by atoms with Crippen molar-refractivity contribution < 1.29 is 9.53 Å². The van der Waals surface area contributed by atoms with Gasteiger partial charge in [-0.2, -0.15) is 0 Å². The predicted octanol–water partition coefficient (Wildman–Crippen LogP) is 3.31. The number of morpholine rings is 1. The van der Waals surface area contributed by atoms with Gasteiger partial charge in [-0.05, 0) is 38.6 Å². The molecule has 1 aliphatic rings. The number of hydrogen-bond donors (Lipinski definition) is 2. The number of nitrogens with one attached hydrogen (secondary N) is 2. The molecule has 1 saturated heterocycles. The van der Waals surface area contributed by atoms with Crippen LogP contribution in [-0.2, 0) is 9.53 Å². The molecule has 2 rings (SSSR count). The van der Waals surface area contributed by atoms with E-state index in [0.717, 1.165) is 23.7 Å². The Morgan fingerprint density at radius 3 is 2.44 bits per heavy atom. The number of carbonyl (C=O) groups is 1. The lowest BCUT2D eigenvalue weighted by Crippen LogP contribution is -2.51. The van der Waals surface area contributed by atoms with E-state index in [-0.39, 0.29) is 48.3 Å².